The van der Waals surface area contributed by atoms with E-state index in [-0.39, 0.29) is 6.04 Å². The van der Waals surface area contributed by atoms with Crippen LogP contribution in [0.3, 0.4) is 0 Å². The van der Waals surface area contributed by atoms with E-state index < -0.39 is 10.0 Å². The molecule has 1 heterocycles. The van der Waals surface area contributed by atoms with Crippen molar-refractivity contribution in [2.45, 2.75) is 56.8 Å². The lowest BCUT2D eigenvalue weighted by Gasteiger charge is -2.03. The van der Waals surface area contributed by atoms with Gasteiger partial charge in [0.1, 0.15) is 4.21 Å². The second-order valence-corrected chi connectivity index (χ2v) is 8.54. The van der Waals surface area contributed by atoms with Crippen LogP contribution in [-0.2, 0) is 16.6 Å². The molecule has 1 aliphatic rings. The maximum absolute atomic E-state index is 12.4. The molecule has 0 aliphatic heterocycles. The maximum atomic E-state index is 12.4. The average Bonchev–Trinajstić information content (AvgIpc) is 2.97. The number of hydrogen-bond acceptors (Lipinski definition) is 4. The summed E-state index contributed by atoms with van der Waals surface area (Å²) in [6, 6.07) is 1.94. The number of thiophene rings is 1. The normalized spacial score (nSPS) is 22.1. The summed E-state index contributed by atoms with van der Waals surface area (Å²) in [5, 5.41) is 3.24. The quantitative estimate of drug-likeness (QED) is 0.775. The van der Waals surface area contributed by atoms with E-state index in [0.717, 1.165) is 42.8 Å². The highest BCUT2D eigenvalue weighted by molar-refractivity contribution is 7.91. The van der Waals surface area contributed by atoms with Gasteiger partial charge in [0.25, 0.3) is 0 Å². The Balaban J connectivity index is 2.03. The van der Waals surface area contributed by atoms with Gasteiger partial charge in [0.2, 0.25) is 10.0 Å². The molecule has 114 valence electrons. The first-order chi connectivity index (χ1) is 9.47. The topological polar surface area (TPSA) is 58.2 Å². The van der Waals surface area contributed by atoms with Crippen molar-refractivity contribution in [2.75, 3.05) is 6.54 Å². The van der Waals surface area contributed by atoms with Crippen molar-refractivity contribution in [3.05, 3.63) is 16.5 Å². The van der Waals surface area contributed by atoms with Gasteiger partial charge in [0.05, 0.1) is 0 Å². The molecular weight excluding hydrogens is 292 g/mol. The first-order valence-corrected chi connectivity index (χ1v) is 9.60. The van der Waals surface area contributed by atoms with Gasteiger partial charge < -0.3 is 5.32 Å². The van der Waals surface area contributed by atoms with Crippen molar-refractivity contribution in [1.82, 2.24) is 10.0 Å². The van der Waals surface area contributed by atoms with Gasteiger partial charge in [-0.05, 0) is 43.9 Å². The van der Waals surface area contributed by atoms with Crippen LogP contribution in [0.15, 0.2) is 10.3 Å². The molecule has 0 radical (unpaired) electrons. The van der Waals surface area contributed by atoms with Gasteiger partial charge in [-0.2, -0.15) is 0 Å². The Morgan fingerprint density at radius 1 is 1.40 bits per heavy atom. The van der Waals surface area contributed by atoms with E-state index in [1.165, 1.54) is 11.3 Å². The Labute approximate surface area is 126 Å². The van der Waals surface area contributed by atoms with Crippen LogP contribution in [0.25, 0.3) is 0 Å². The van der Waals surface area contributed by atoms with Gasteiger partial charge in [0, 0.05) is 17.5 Å². The largest absolute Gasteiger partial charge is 0.312 e. The molecule has 1 saturated carbocycles. The third-order valence-corrected chi connectivity index (χ3v) is 6.89. The summed E-state index contributed by atoms with van der Waals surface area (Å²) < 4.78 is 28.0. The van der Waals surface area contributed by atoms with Gasteiger partial charge >= 0.3 is 0 Å². The predicted octanol–water partition coefficient (Wildman–Crippen LogP) is 2.63. The highest BCUT2D eigenvalue weighted by Crippen LogP contribution is 2.36. The third-order valence-electron chi connectivity index (χ3n) is 3.69. The van der Waals surface area contributed by atoms with Crippen molar-refractivity contribution < 1.29 is 8.42 Å². The Bertz CT molecular complexity index is 552. The molecule has 2 rings (SSSR count). The van der Waals surface area contributed by atoms with E-state index in [1.54, 1.807) is 6.07 Å². The number of aryl methyl sites for hydroxylation is 1. The van der Waals surface area contributed by atoms with Crippen molar-refractivity contribution in [2.24, 2.45) is 5.92 Å². The second kappa shape index (κ2) is 6.56. The van der Waals surface area contributed by atoms with Crippen LogP contribution in [0.4, 0.5) is 0 Å². The lowest BCUT2D eigenvalue weighted by Crippen LogP contribution is -2.26. The molecular formula is C14H24N2O2S2. The monoisotopic (exact) mass is 316 g/mol. The fourth-order valence-corrected chi connectivity index (χ4v) is 5.27. The van der Waals surface area contributed by atoms with Crippen LogP contribution in [0.1, 0.15) is 43.6 Å². The predicted molar refractivity (Wildman–Crippen MR) is 83.6 cm³/mol. The minimum atomic E-state index is -3.33. The summed E-state index contributed by atoms with van der Waals surface area (Å²) in [6.07, 6.45) is 3.22. The standard InChI is InChI=1S/C14H24N2O2S2/c1-4-6-11-8-12(11)16-20(17,18)14-7-10(3)13(19-14)9-15-5-2/h7,11-12,15-16H,4-6,8-9H2,1-3H3. The summed E-state index contributed by atoms with van der Waals surface area (Å²) in [6.45, 7) is 7.78. The second-order valence-electron chi connectivity index (χ2n) is 5.46. The molecule has 1 fully saturated rings. The minimum absolute atomic E-state index is 0.152. The molecule has 2 atom stereocenters. The average molecular weight is 316 g/mol. The molecule has 0 spiro atoms. The molecule has 0 saturated heterocycles. The third kappa shape index (κ3) is 3.81. The Hall–Kier alpha value is -0.430. The Kier molecular flexibility index (Phi) is 5.23. The summed E-state index contributed by atoms with van der Waals surface area (Å²) in [4.78, 5) is 1.10. The van der Waals surface area contributed by atoms with Crippen LogP contribution in [0.5, 0.6) is 0 Å². The van der Waals surface area contributed by atoms with E-state index in [9.17, 15) is 8.42 Å². The molecule has 2 N–H and O–H groups in total. The lowest BCUT2D eigenvalue weighted by molar-refractivity contribution is 0.575. The van der Waals surface area contributed by atoms with Gasteiger partial charge in [-0.1, -0.05) is 20.3 Å². The van der Waals surface area contributed by atoms with E-state index in [1.807, 2.05) is 13.8 Å². The Morgan fingerprint density at radius 2 is 2.15 bits per heavy atom. The molecule has 1 aromatic rings. The van der Waals surface area contributed by atoms with Crippen LogP contribution in [-0.4, -0.2) is 21.0 Å². The van der Waals surface area contributed by atoms with Gasteiger partial charge in [-0.3, -0.25) is 0 Å². The van der Waals surface area contributed by atoms with Crippen LogP contribution >= 0.6 is 11.3 Å². The van der Waals surface area contributed by atoms with Crippen molar-refractivity contribution in [1.29, 1.82) is 0 Å². The summed E-state index contributed by atoms with van der Waals surface area (Å²) in [5.41, 5.74) is 1.05. The number of nitrogens with one attached hydrogen (secondary N) is 2. The van der Waals surface area contributed by atoms with Gasteiger partial charge in [0.15, 0.2) is 0 Å². The minimum Gasteiger partial charge on any atom is -0.312 e. The molecule has 6 heteroatoms. The van der Waals surface area contributed by atoms with Crippen LogP contribution < -0.4 is 10.0 Å². The van der Waals surface area contributed by atoms with Gasteiger partial charge in [-0.25, -0.2) is 13.1 Å². The molecule has 4 nitrogen and oxygen atoms in total. The van der Waals surface area contributed by atoms with Crippen LogP contribution in [0.2, 0.25) is 0 Å². The van der Waals surface area contributed by atoms with Crippen molar-refractivity contribution in [3.63, 3.8) is 0 Å². The fourth-order valence-electron chi connectivity index (χ4n) is 2.37. The van der Waals surface area contributed by atoms with E-state index in [2.05, 4.69) is 17.0 Å². The Morgan fingerprint density at radius 3 is 2.80 bits per heavy atom. The first kappa shape index (κ1) is 15.9. The first-order valence-electron chi connectivity index (χ1n) is 7.30. The van der Waals surface area contributed by atoms with E-state index in [4.69, 9.17) is 0 Å². The van der Waals surface area contributed by atoms with Crippen molar-refractivity contribution in [3.8, 4) is 0 Å². The summed E-state index contributed by atoms with van der Waals surface area (Å²) in [7, 11) is -3.33. The van der Waals surface area contributed by atoms with Crippen LogP contribution in [0, 0.1) is 12.8 Å². The fraction of sp³-hybridized carbons (Fsp3) is 0.714. The molecule has 2 unspecified atom stereocenters. The lowest BCUT2D eigenvalue weighted by atomic mass is 10.2. The smallest absolute Gasteiger partial charge is 0.250 e. The zero-order valence-electron chi connectivity index (χ0n) is 12.4. The molecule has 1 aliphatic carbocycles. The molecule has 20 heavy (non-hydrogen) atoms. The SMILES string of the molecule is CCCC1CC1NS(=O)(=O)c1cc(C)c(CNCC)s1. The number of hydrogen-bond donors (Lipinski definition) is 2. The molecule has 0 aromatic carbocycles. The zero-order valence-corrected chi connectivity index (χ0v) is 14.0. The summed E-state index contributed by atoms with van der Waals surface area (Å²) >= 11 is 1.38. The highest BCUT2D eigenvalue weighted by Gasteiger charge is 2.39. The number of sulfonamides is 1. The molecule has 1 aromatic heterocycles. The maximum Gasteiger partial charge on any atom is 0.250 e. The highest BCUT2D eigenvalue weighted by atomic mass is 32.2. The molecule has 0 amide bonds. The summed E-state index contributed by atoms with van der Waals surface area (Å²) in [5.74, 6) is 0.539. The van der Waals surface area contributed by atoms with Gasteiger partial charge in [-0.15, -0.1) is 11.3 Å². The van der Waals surface area contributed by atoms with Crippen molar-refractivity contribution >= 4 is 21.4 Å². The van der Waals surface area contributed by atoms with E-state index in [0.29, 0.717) is 10.1 Å². The molecule has 0 bridgehead atoms. The zero-order chi connectivity index (χ0) is 14.8. The number of rotatable bonds is 8. The van der Waals surface area contributed by atoms with E-state index >= 15 is 0 Å².